The number of hydrogen-bond donors (Lipinski definition) is 0. The Kier molecular flexibility index (Phi) is 2.31. The number of hydrogen-bond acceptors (Lipinski definition) is 1. The van der Waals surface area contributed by atoms with Gasteiger partial charge < -0.3 is 0 Å². The number of pyridine rings is 1. The van der Waals surface area contributed by atoms with E-state index >= 15 is 0 Å². The third-order valence-electron chi connectivity index (χ3n) is 1.98. The first-order valence-corrected chi connectivity index (χ1v) is 4.48. The number of aromatic nitrogens is 1. The molecule has 0 saturated carbocycles. The normalized spacial score (nSPS) is 12.0. The van der Waals surface area contributed by atoms with Crippen LogP contribution >= 0.6 is 11.6 Å². The van der Waals surface area contributed by atoms with Gasteiger partial charge in [-0.15, -0.1) is 0 Å². The summed E-state index contributed by atoms with van der Waals surface area (Å²) >= 11 is 5.64. The third-order valence-corrected chi connectivity index (χ3v) is 2.19. The molecule has 1 nitrogen and oxygen atoms in total. The maximum absolute atomic E-state index is 12.5. The molecule has 0 aliphatic heterocycles. The predicted molar refractivity (Wildman–Crippen MR) is 51.8 cm³/mol. The summed E-state index contributed by atoms with van der Waals surface area (Å²) < 4.78 is 37.6. The number of fused-ring (bicyclic) bond motifs is 1. The molecule has 5 heteroatoms. The second kappa shape index (κ2) is 3.38. The number of alkyl halides is 3. The fraction of sp³-hybridized carbons (Fsp3) is 0.100. The Labute approximate surface area is 88.5 Å². The lowest BCUT2D eigenvalue weighted by Crippen LogP contribution is -2.06. The lowest BCUT2D eigenvalue weighted by Gasteiger charge is -2.09. The average molecular weight is 232 g/mol. The highest BCUT2D eigenvalue weighted by Crippen LogP contribution is 2.34. The molecule has 0 aliphatic carbocycles. The summed E-state index contributed by atoms with van der Waals surface area (Å²) in [6, 6.07) is 5.34. The van der Waals surface area contributed by atoms with Crippen LogP contribution in [0.5, 0.6) is 0 Å². The lowest BCUT2D eigenvalue weighted by molar-refractivity contribution is -0.136. The van der Waals surface area contributed by atoms with Crippen LogP contribution in [0.3, 0.4) is 0 Å². The zero-order valence-corrected chi connectivity index (χ0v) is 8.10. The molecule has 1 aromatic heterocycles. The van der Waals surface area contributed by atoms with E-state index in [9.17, 15) is 13.2 Å². The molecular weight excluding hydrogens is 227 g/mol. The molecule has 1 heterocycles. The van der Waals surface area contributed by atoms with Gasteiger partial charge >= 0.3 is 6.18 Å². The SMILES string of the molecule is FC(F)(F)c1cccc2cc(Cl)cnc12. The van der Waals surface area contributed by atoms with E-state index in [1.807, 2.05) is 0 Å². The summed E-state index contributed by atoms with van der Waals surface area (Å²) in [6.45, 7) is 0. The van der Waals surface area contributed by atoms with E-state index in [1.54, 1.807) is 6.07 Å². The molecule has 0 aliphatic rings. The maximum Gasteiger partial charge on any atom is 0.418 e. The Morgan fingerprint density at radius 3 is 2.60 bits per heavy atom. The van der Waals surface area contributed by atoms with Crippen LogP contribution in [0.25, 0.3) is 10.9 Å². The van der Waals surface area contributed by atoms with Crippen molar-refractivity contribution in [3.63, 3.8) is 0 Å². The minimum Gasteiger partial charge on any atom is -0.254 e. The van der Waals surface area contributed by atoms with Crippen LogP contribution in [-0.2, 0) is 6.18 Å². The van der Waals surface area contributed by atoms with Gasteiger partial charge in [0.1, 0.15) is 0 Å². The number of halogens is 4. The van der Waals surface area contributed by atoms with Crippen LogP contribution in [0.2, 0.25) is 5.02 Å². The molecule has 0 spiro atoms. The van der Waals surface area contributed by atoms with E-state index in [4.69, 9.17) is 11.6 Å². The second-order valence-corrected chi connectivity index (χ2v) is 3.47. The van der Waals surface area contributed by atoms with Crippen molar-refractivity contribution in [3.05, 3.63) is 41.0 Å². The van der Waals surface area contributed by atoms with E-state index in [0.29, 0.717) is 10.4 Å². The highest BCUT2D eigenvalue weighted by molar-refractivity contribution is 6.31. The molecule has 1 aromatic carbocycles. The summed E-state index contributed by atoms with van der Waals surface area (Å²) in [4.78, 5) is 3.70. The van der Waals surface area contributed by atoms with Crippen molar-refractivity contribution in [2.45, 2.75) is 6.18 Å². The number of nitrogens with zero attached hydrogens (tertiary/aromatic N) is 1. The van der Waals surface area contributed by atoms with Crippen LogP contribution in [0.1, 0.15) is 5.56 Å². The fourth-order valence-electron chi connectivity index (χ4n) is 1.36. The minimum atomic E-state index is -4.39. The van der Waals surface area contributed by atoms with E-state index < -0.39 is 11.7 Å². The lowest BCUT2D eigenvalue weighted by atomic mass is 10.1. The molecule has 0 radical (unpaired) electrons. The quantitative estimate of drug-likeness (QED) is 0.670. The Hall–Kier alpha value is -1.29. The Balaban J connectivity index is 2.77. The zero-order chi connectivity index (χ0) is 11.1. The molecule has 2 aromatic rings. The monoisotopic (exact) mass is 231 g/mol. The van der Waals surface area contributed by atoms with Crippen molar-refractivity contribution < 1.29 is 13.2 Å². The first-order valence-electron chi connectivity index (χ1n) is 4.10. The molecular formula is C10H5ClF3N. The van der Waals surface area contributed by atoms with Gasteiger partial charge in [-0.3, -0.25) is 4.98 Å². The van der Waals surface area contributed by atoms with Gasteiger partial charge in [-0.05, 0) is 12.1 Å². The largest absolute Gasteiger partial charge is 0.418 e. The van der Waals surface area contributed by atoms with Gasteiger partial charge in [-0.2, -0.15) is 13.2 Å². The van der Waals surface area contributed by atoms with Crippen molar-refractivity contribution in [2.24, 2.45) is 0 Å². The average Bonchev–Trinajstić information content (AvgIpc) is 2.15. The summed E-state index contributed by atoms with van der Waals surface area (Å²) in [6.07, 6.45) is -3.18. The first-order chi connectivity index (χ1) is 6.98. The topological polar surface area (TPSA) is 12.9 Å². The van der Waals surface area contributed by atoms with E-state index in [0.717, 1.165) is 6.07 Å². The molecule has 0 fully saturated rings. The van der Waals surface area contributed by atoms with Gasteiger partial charge in [0.15, 0.2) is 0 Å². The summed E-state index contributed by atoms with van der Waals surface area (Å²) in [5.74, 6) is 0. The van der Waals surface area contributed by atoms with Crippen LogP contribution in [0.15, 0.2) is 30.5 Å². The van der Waals surface area contributed by atoms with Crippen molar-refractivity contribution in [1.82, 2.24) is 4.98 Å². The second-order valence-electron chi connectivity index (χ2n) is 3.03. The number of rotatable bonds is 0. The van der Waals surface area contributed by atoms with Gasteiger partial charge in [-0.1, -0.05) is 23.7 Å². The molecule has 2 rings (SSSR count). The van der Waals surface area contributed by atoms with E-state index in [-0.39, 0.29) is 5.52 Å². The predicted octanol–water partition coefficient (Wildman–Crippen LogP) is 3.91. The molecule has 78 valence electrons. The van der Waals surface area contributed by atoms with Crippen LogP contribution in [0, 0.1) is 0 Å². The van der Waals surface area contributed by atoms with Crippen molar-refractivity contribution in [3.8, 4) is 0 Å². The third kappa shape index (κ3) is 1.90. The standard InChI is InChI=1S/C10H5ClF3N/c11-7-4-6-2-1-3-8(10(12,13)14)9(6)15-5-7/h1-5H. The van der Waals surface area contributed by atoms with Gasteiger partial charge in [0.25, 0.3) is 0 Å². The summed E-state index contributed by atoms with van der Waals surface area (Å²) in [7, 11) is 0. The van der Waals surface area contributed by atoms with Crippen molar-refractivity contribution in [1.29, 1.82) is 0 Å². The van der Waals surface area contributed by atoms with Crippen LogP contribution in [-0.4, -0.2) is 4.98 Å². The van der Waals surface area contributed by atoms with Crippen molar-refractivity contribution in [2.75, 3.05) is 0 Å². The van der Waals surface area contributed by atoms with Crippen molar-refractivity contribution >= 4 is 22.5 Å². The van der Waals surface area contributed by atoms with E-state index in [2.05, 4.69) is 4.98 Å². The fourth-order valence-corrected chi connectivity index (χ4v) is 1.53. The Morgan fingerprint density at radius 2 is 1.93 bits per heavy atom. The molecule has 15 heavy (non-hydrogen) atoms. The van der Waals surface area contributed by atoms with E-state index in [1.165, 1.54) is 18.3 Å². The van der Waals surface area contributed by atoms with Gasteiger partial charge in [0.05, 0.1) is 16.1 Å². The minimum absolute atomic E-state index is 0.0746. The highest BCUT2D eigenvalue weighted by Gasteiger charge is 2.32. The Bertz CT molecular complexity index is 507. The molecule has 0 bridgehead atoms. The first kappa shape index (κ1) is 10.2. The van der Waals surface area contributed by atoms with Crippen LogP contribution < -0.4 is 0 Å². The maximum atomic E-state index is 12.5. The van der Waals surface area contributed by atoms with Gasteiger partial charge in [0.2, 0.25) is 0 Å². The molecule has 0 unspecified atom stereocenters. The van der Waals surface area contributed by atoms with Gasteiger partial charge in [0, 0.05) is 11.6 Å². The molecule has 0 amide bonds. The number of para-hydroxylation sites is 1. The smallest absolute Gasteiger partial charge is 0.254 e. The summed E-state index contributed by atoms with van der Waals surface area (Å²) in [5.41, 5.74) is -0.814. The summed E-state index contributed by atoms with van der Waals surface area (Å²) in [5, 5.41) is 0.708. The van der Waals surface area contributed by atoms with Gasteiger partial charge in [-0.25, -0.2) is 0 Å². The molecule has 0 saturated heterocycles. The molecule has 0 N–H and O–H groups in total. The molecule has 0 atom stereocenters. The zero-order valence-electron chi connectivity index (χ0n) is 7.35. The van der Waals surface area contributed by atoms with Crippen LogP contribution in [0.4, 0.5) is 13.2 Å². The Morgan fingerprint density at radius 1 is 1.20 bits per heavy atom. The highest BCUT2D eigenvalue weighted by atomic mass is 35.5. The number of benzene rings is 1.